The fourth-order valence-corrected chi connectivity index (χ4v) is 3.06. The van der Waals surface area contributed by atoms with Crippen molar-refractivity contribution in [2.24, 2.45) is 0 Å². The summed E-state index contributed by atoms with van der Waals surface area (Å²) in [6.07, 6.45) is -1.05. The number of carboxylic acids is 1. The van der Waals surface area contributed by atoms with Gasteiger partial charge in [0.25, 0.3) is 5.91 Å². The smallest absolute Gasteiger partial charge is 0.334 e. The highest BCUT2D eigenvalue weighted by atomic mass is 16.5. The molecule has 0 aromatic heterocycles. The molecule has 1 atom stereocenters. The van der Waals surface area contributed by atoms with Crippen LogP contribution in [0.4, 0.5) is 0 Å². The van der Waals surface area contributed by atoms with Crippen molar-refractivity contribution in [1.82, 2.24) is 4.90 Å². The minimum Gasteiger partial charge on any atom is -0.479 e. The van der Waals surface area contributed by atoms with Crippen LogP contribution in [0.5, 0.6) is 0 Å². The predicted molar refractivity (Wildman–Crippen MR) is 99.1 cm³/mol. The van der Waals surface area contributed by atoms with Gasteiger partial charge in [0.1, 0.15) is 0 Å². The first kappa shape index (κ1) is 18.8. The van der Waals surface area contributed by atoms with Crippen LogP contribution in [0, 0.1) is 13.8 Å². The standard InChI is InChI=1S/C21H21NO5/c1-13-7-8-15(11-14(13)2)19(23)16-5-3-4-6-17(16)20(24)22-9-10-27-18(12-22)21(25)26/h3-8,11,18H,9-10,12H2,1-2H3,(H,25,26). The summed E-state index contributed by atoms with van der Waals surface area (Å²) in [7, 11) is 0. The zero-order valence-electron chi connectivity index (χ0n) is 15.3. The van der Waals surface area contributed by atoms with Gasteiger partial charge >= 0.3 is 5.97 Å². The Balaban J connectivity index is 1.91. The molecule has 1 aliphatic heterocycles. The molecular weight excluding hydrogens is 346 g/mol. The topological polar surface area (TPSA) is 83.9 Å². The molecule has 6 heteroatoms. The van der Waals surface area contributed by atoms with Crippen molar-refractivity contribution in [3.05, 3.63) is 70.3 Å². The molecule has 140 valence electrons. The lowest BCUT2D eigenvalue weighted by atomic mass is 9.95. The summed E-state index contributed by atoms with van der Waals surface area (Å²) in [6, 6.07) is 12.1. The maximum Gasteiger partial charge on any atom is 0.334 e. The van der Waals surface area contributed by atoms with Gasteiger partial charge < -0.3 is 14.7 Å². The van der Waals surface area contributed by atoms with Crippen LogP contribution in [0.25, 0.3) is 0 Å². The van der Waals surface area contributed by atoms with Gasteiger partial charge in [0, 0.05) is 17.7 Å². The lowest BCUT2D eigenvalue weighted by Gasteiger charge is -2.31. The second-order valence-electron chi connectivity index (χ2n) is 6.62. The number of ether oxygens (including phenoxy) is 1. The minimum atomic E-state index is -1.10. The van der Waals surface area contributed by atoms with Crippen molar-refractivity contribution < 1.29 is 24.2 Å². The number of rotatable bonds is 4. The van der Waals surface area contributed by atoms with Gasteiger partial charge in [-0.3, -0.25) is 9.59 Å². The molecule has 2 aromatic rings. The summed E-state index contributed by atoms with van der Waals surface area (Å²) in [5, 5.41) is 9.13. The van der Waals surface area contributed by atoms with E-state index in [0.29, 0.717) is 11.1 Å². The number of hydrogen-bond donors (Lipinski definition) is 1. The van der Waals surface area contributed by atoms with E-state index in [9.17, 15) is 14.4 Å². The fourth-order valence-electron chi connectivity index (χ4n) is 3.06. The number of benzene rings is 2. The van der Waals surface area contributed by atoms with E-state index in [1.165, 1.54) is 4.90 Å². The third-order valence-electron chi connectivity index (χ3n) is 4.80. The molecule has 1 fully saturated rings. The number of carboxylic acid groups (broad SMARTS) is 1. The van der Waals surface area contributed by atoms with E-state index in [2.05, 4.69) is 0 Å². The molecule has 0 saturated carbocycles. The second-order valence-corrected chi connectivity index (χ2v) is 6.62. The summed E-state index contributed by atoms with van der Waals surface area (Å²) in [5.41, 5.74) is 3.19. The highest BCUT2D eigenvalue weighted by Crippen LogP contribution is 2.20. The van der Waals surface area contributed by atoms with Crippen LogP contribution in [0.15, 0.2) is 42.5 Å². The predicted octanol–water partition coefficient (Wildman–Crippen LogP) is 2.46. The minimum absolute atomic E-state index is 0.0413. The molecule has 27 heavy (non-hydrogen) atoms. The Morgan fingerprint density at radius 1 is 1.04 bits per heavy atom. The van der Waals surface area contributed by atoms with E-state index in [1.54, 1.807) is 30.3 Å². The average molecular weight is 367 g/mol. The van der Waals surface area contributed by atoms with Crippen molar-refractivity contribution in [3.8, 4) is 0 Å². The van der Waals surface area contributed by atoms with E-state index in [4.69, 9.17) is 9.84 Å². The Labute approximate surface area is 157 Å². The zero-order valence-corrected chi connectivity index (χ0v) is 15.3. The van der Waals surface area contributed by atoms with Crippen LogP contribution < -0.4 is 0 Å². The second kappa shape index (κ2) is 7.72. The van der Waals surface area contributed by atoms with Gasteiger partial charge in [0.2, 0.25) is 0 Å². The summed E-state index contributed by atoms with van der Waals surface area (Å²) in [4.78, 5) is 38.6. The fraction of sp³-hybridized carbons (Fsp3) is 0.286. The molecule has 6 nitrogen and oxygen atoms in total. The Morgan fingerprint density at radius 3 is 2.41 bits per heavy atom. The molecular formula is C21H21NO5. The Bertz CT molecular complexity index is 905. The number of aryl methyl sites for hydroxylation is 2. The number of amides is 1. The van der Waals surface area contributed by atoms with Gasteiger partial charge in [-0.25, -0.2) is 4.79 Å². The molecule has 0 radical (unpaired) electrons. The van der Waals surface area contributed by atoms with Crippen LogP contribution in [-0.2, 0) is 9.53 Å². The molecule has 3 rings (SSSR count). The third-order valence-corrected chi connectivity index (χ3v) is 4.80. The highest BCUT2D eigenvalue weighted by molar-refractivity contribution is 6.15. The van der Waals surface area contributed by atoms with Gasteiger partial charge in [-0.2, -0.15) is 0 Å². The van der Waals surface area contributed by atoms with Crippen LogP contribution in [0.2, 0.25) is 0 Å². The van der Waals surface area contributed by atoms with Crippen molar-refractivity contribution in [2.75, 3.05) is 19.7 Å². The quantitative estimate of drug-likeness (QED) is 0.839. The SMILES string of the molecule is Cc1ccc(C(=O)c2ccccc2C(=O)N2CCOC(C(=O)O)C2)cc1C. The number of carbonyl (C=O) groups is 3. The van der Waals surface area contributed by atoms with Crippen LogP contribution in [0.1, 0.15) is 37.4 Å². The molecule has 1 amide bonds. The monoisotopic (exact) mass is 367 g/mol. The molecule has 1 saturated heterocycles. The lowest BCUT2D eigenvalue weighted by Crippen LogP contribution is -2.48. The normalized spacial score (nSPS) is 16.8. The molecule has 0 aliphatic carbocycles. The first-order valence-corrected chi connectivity index (χ1v) is 8.73. The summed E-state index contributed by atoms with van der Waals surface area (Å²) >= 11 is 0. The molecule has 1 N–H and O–H groups in total. The number of aliphatic carboxylic acids is 1. The highest BCUT2D eigenvalue weighted by Gasteiger charge is 2.31. The number of morpholine rings is 1. The van der Waals surface area contributed by atoms with E-state index >= 15 is 0 Å². The number of hydrogen-bond acceptors (Lipinski definition) is 4. The van der Waals surface area contributed by atoms with Crippen molar-refractivity contribution in [2.45, 2.75) is 20.0 Å². The lowest BCUT2D eigenvalue weighted by molar-refractivity contribution is -0.154. The Kier molecular flexibility index (Phi) is 5.37. The third kappa shape index (κ3) is 3.90. The zero-order chi connectivity index (χ0) is 19.6. The molecule has 0 spiro atoms. The summed E-state index contributed by atoms with van der Waals surface area (Å²) < 4.78 is 5.17. The largest absolute Gasteiger partial charge is 0.479 e. The number of nitrogens with zero attached hydrogens (tertiary/aromatic N) is 1. The Hall–Kier alpha value is -2.99. The maximum absolute atomic E-state index is 13.0. The van der Waals surface area contributed by atoms with E-state index < -0.39 is 12.1 Å². The molecule has 1 heterocycles. The molecule has 1 aliphatic rings. The van der Waals surface area contributed by atoms with Crippen molar-refractivity contribution in [1.29, 1.82) is 0 Å². The van der Waals surface area contributed by atoms with Crippen LogP contribution in [0.3, 0.4) is 0 Å². The van der Waals surface area contributed by atoms with Crippen molar-refractivity contribution >= 4 is 17.7 Å². The Morgan fingerprint density at radius 2 is 1.74 bits per heavy atom. The van der Waals surface area contributed by atoms with Crippen molar-refractivity contribution in [3.63, 3.8) is 0 Å². The molecule has 2 aromatic carbocycles. The van der Waals surface area contributed by atoms with E-state index in [-0.39, 0.29) is 37.0 Å². The molecule has 1 unspecified atom stereocenters. The van der Waals surface area contributed by atoms with Gasteiger partial charge in [0.05, 0.1) is 18.7 Å². The molecule has 0 bridgehead atoms. The number of carbonyl (C=O) groups excluding carboxylic acids is 2. The van der Waals surface area contributed by atoms with E-state index in [1.807, 2.05) is 26.0 Å². The van der Waals surface area contributed by atoms with Gasteiger partial charge in [0.15, 0.2) is 11.9 Å². The summed E-state index contributed by atoms with van der Waals surface area (Å²) in [5.74, 6) is -1.70. The first-order valence-electron chi connectivity index (χ1n) is 8.73. The van der Waals surface area contributed by atoms with Gasteiger partial charge in [-0.15, -0.1) is 0 Å². The van der Waals surface area contributed by atoms with Crippen LogP contribution >= 0.6 is 0 Å². The van der Waals surface area contributed by atoms with Gasteiger partial charge in [-0.1, -0.05) is 30.3 Å². The number of ketones is 1. The summed E-state index contributed by atoms with van der Waals surface area (Å²) in [6.45, 7) is 4.30. The first-order chi connectivity index (χ1) is 12.9. The average Bonchev–Trinajstić information content (AvgIpc) is 2.69. The van der Waals surface area contributed by atoms with Crippen LogP contribution in [-0.4, -0.2) is 53.5 Å². The maximum atomic E-state index is 13.0. The van der Waals surface area contributed by atoms with E-state index in [0.717, 1.165) is 11.1 Å². The van der Waals surface area contributed by atoms with Gasteiger partial charge in [-0.05, 0) is 37.1 Å².